The van der Waals surface area contributed by atoms with Crippen LogP contribution in [0.25, 0.3) is 0 Å². The number of carbonyl (C=O) groups is 2. The van der Waals surface area contributed by atoms with Gasteiger partial charge in [0.15, 0.2) is 0 Å². The Morgan fingerprint density at radius 1 is 1.08 bits per heavy atom. The predicted octanol–water partition coefficient (Wildman–Crippen LogP) is 2.75. The molecule has 1 aromatic carbocycles. The molecular weight excluding hydrogens is 304 g/mol. The lowest BCUT2D eigenvalue weighted by Crippen LogP contribution is -2.49. The van der Waals surface area contributed by atoms with Gasteiger partial charge in [-0.25, -0.2) is 0 Å². The lowest BCUT2D eigenvalue weighted by molar-refractivity contribution is -0.125. The fourth-order valence-corrected chi connectivity index (χ4v) is 3.80. The number of para-hydroxylation sites is 1. The Morgan fingerprint density at radius 2 is 1.83 bits per heavy atom. The van der Waals surface area contributed by atoms with Crippen molar-refractivity contribution in [2.45, 2.75) is 57.0 Å². The van der Waals surface area contributed by atoms with Crippen molar-refractivity contribution < 1.29 is 14.3 Å². The predicted molar refractivity (Wildman–Crippen MR) is 92.1 cm³/mol. The number of nitrogens with zero attached hydrogens (tertiary/aromatic N) is 1. The van der Waals surface area contributed by atoms with Crippen LogP contribution in [0.3, 0.4) is 0 Å². The molecule has 24 heavy (non-hydrogen) atoms. The van der Waals surface area contributed by atoms with Gasteiger partial charge in [-0.1, -0.05) is 31.4 Å². The first-order valence-electron chi connectivity index (χ1n) is 8.95. The number of likely N-dealkylation sites (tertiary alicyclic amines) is 1. The zero-order valence-electron chi connectivity index (χ0n) is 14.3. The number of carbonyl (C=O) groups excluding carboxylic acids is 2. The van der Waals surface area contributed by atoms with Crippen molar-refractivity contribution in [1.29, 1.82) is 0 Å². The van der Waals surface area contributed by atoms with Gasteiger partial charge < -0.3 is 15.0 Å². The monoisotopic (exact) mass is 330 g/mol. The van der Waals surface area contributed by atoms with E-state index in [1.165, 1.54) is 19.3 Å². The van der Waals surface area contributed by atoms with Crippen LogP contribution < -0.4 is 10.1 Å². The number of hydrogen-bond donors (Lipinski definition) is 1. The quantitative estimate of drug-likeness (QED) is 0.923. The Kier molecular flexibility index (Phi) is 5.38. The van der Waals surface area contributed by atoms with Gasteiger partial charge in [0.1, 0.15) is 11.8 Å². The fourth-order valence-electron chi connectivity index (χ4n) is 3.80. The number of nitrogens with one attached hydrogen (secondary N) is 1. The molecule has 1 aromatic rings. The van der Waals surface area contributed by atoms with Crippen molar-refractivity contribution in [2.75, 3.05) is 13.7 Å². The van der Waals surface area contributed by atoms with Crippen LogP contribution in [0.5, 0.6) is 5.75 Å². The van der Waals surface area contributed by atoms with Crippen molar-refractivity contribution >= 4 is 11.8 Å². The van der Waals surface area contributed by atoms with Gasteiger partial charge in [0.25, 0.3) is 5.91 Å². The highest BCUT2D eigenvalue weighted by Gasteiger charge is 2.36. The molecule has 3 rings (SSSR count). The van der Waals surface area contributed by atoms with E-state index < -0.39 is 0 Å². The molecule has 5 heteroatoms. The molecule has 1 aliphatic heterocycles. The third kappa shape index (κ3) is 3.55. The smallest absolute Gasteiger partial charge is 0.258 e. The summed E-state index contributed by atoms with van der Waals surface area (Å²) in [5, 5.41) is 3.16. The minimum absolute atomic E-state index is 0.00245. The van der Waals surface area contributed by atoms with Gasteiger partial charge in [-0.2, -0.15) is 0 Å². The maximum absolute atomic E-state index is 12.9. The molecule has 0 spiro atoms. The molecule has 2 aliphatic rings. The third-order valence-electron chi connectivity index (χ3n) is 5.11. The number of ether oxygens (including phenoxy) is 1. The lowest BCUT2D eigenvalue weighted by atomic mass is 9.95. The summed E-state index contributed by atoms with van der Waals surface area (Å²) in [4.78, 5) is 27.3. The standard InChI is InChI=1S/C19H26N2O3/c1-24-17-12-6-5-10-15(17)19(23)21-13-7-11-16(21)18(22)20-14-8-3-2-4-9-14/h5-6,10,12,14,16H,2-4,7-9,11,13H2,1H3,(H,20,22)/t16-/m1/s1. The molecular formula is C19H26N2O3. The zero-order valence-corrected chi connectivity index (χ0v) is 14.3. The summed E-state index contributed by atoms with van der Waals surface area (Å²) in [5.74, 6) is 0.442. The zero-order chi connectivity index (χ0) is 16.9. The molecule has 1 atom stereocenters. The van der Waals surface area contributed by atoms with Crippen LogP contribution in [0.15, 0.2) is 24.3 Å². The Hall–Kier alpha value is -2.04. The Bertz CT molecular complexity index is 596. The molecule has 0 bridgehead atoms. The van der Waals surface area contributed by atoms with Gasteiger partial charge in [-0.3, -0.25) is 9.59 Å². The highest BCUT2D eigenvalue weighted by atomic mass is 16.5. The summed E-state index contributed by atoms with van der Waals surface area (Å²) in [6.07, 6.45) is 7.33. The Balaban J connectivity index is 1.70. The molecule has 0 unspecified atom stereocenters. The number of benzene rings is 1. The van der Waals surface area contributed by atoms with E-state index in [0.29, 0.717) is 17.9 Å². The van der Waals surface area contributed by atoms with Crippen LogP contribution in [0.4, 0.5) is 0 Å². The van der Waals surface area contributed by atoms with E-state index in [2.05, 4.69) is 5.32 Å². The molecule has 2 fully saturated rings. The second kappa shape index (κ2) is 7.69. The molecule has 1 saturated heterocycles. The van der Waals surface area contributed by atoms with Crippen LogP contribution >= 0.6 is 0 Å². The molecule has 0 radical (unpaired) electrons. The average Bonchev–Trinajstić information content (AvgIpc) is 3.12. The normalized spacial score (nSPS) is 21.5. The topological polar surface area (TPSA) is 58.6 Å². The van der Waals surface area contributed by atoms with E-state index in [1.807, 2.05) is 12.1 Å². The van der Waals surface area contributed by atoms with E-state index in [-0.39, 0.29) is 23.9 Å². The second-order valence-corrected chi connectivity index (χ2v) is 6.70. The average molecular weight is 330 g/mol. The molecule has 130 valence electrons. The van der Waals surface area contributed by atoms with Crippen molar-refractivity contribution in [3.63, 3.8) is 0 Å². The molecule has 1 heterocycles. The first kappa shape index (κ1) is 16.8. The molecule has 1 aliphatic carbocycles. The molecule has 1 saturated carbocycles. The third-order valence-corrected chi connectivity index (χ3v) is 5.11. The molecule has 5 nitrogen and oxygen atoms in total. The van der Waals surface area contributed by atoms with Gasteiger partial charge in [0, 0.05) is 12.6 Å². The largest absolute Gasteiger partial charge is 0.496 e. The van der Waals surface area contributed by atoms with E-state index in [4.69, 9.17) is 4.74 Å². The summed E-state index contributed by atoms with van der Waals surface area (Å²) >= 11 is 0. The van der Waals surface area contributed by atoms with Gasteiger partial charge in [-0.05, 0) is 37.8 Å². The van der Waals surface area contributed by atoms with Gasteiger partial charge in [-0.15, -0.1) is 0 Å². The van der Waals surface area contributed by atoms with Crippen LogP contribution in [0, 0.1) is 0 Å². The molecule has 1 N–H and O–H groups in total. The van der Waals surface area contributed by atoms with Crippen molar-refractivity contribution in [2.24, 2.45) is 0 Å². The number of rotatable bonds is 4. The van der Waals surface area contributed by atoms with Crippen molar-refractivity contribution in [3.05, 3.63) is 29.8 Å². The van der Waals surface area contributed by atoms with E-state index in [1.54, 1.807) is 24.1 Å². The second-order valence-electron chi connectivity index (χ2n) is 6.70. The van der Waals surface area contributed by atoms with E-state index >= 15 is 0 Å². The number of hydrogen-bond acceptors (Lipinski definition) is 3. The fraction of sp³-hybridized carbons (Fsp3) is 0.579. The van der Waals surface area contributed by atoms with Crippen LogP contribution in [0.1, 0.15) is 55.3 Å². The Labute approximate surface area is 143 Å². The van der Waals surface area contributed by atoms with E-state index in [0.717, 1.165) is 25.7 Å². The van der Waals surface area contributed by atoms with Crippen LogP contribution in [-0.4, -0.2) is 42.5 Å². The van der Waals surface area contributed by atoms with Gasteiger partial charge >= 0.3 is 0 Å². The maximum Gasteiger partial charge on any atom is 0.258 e. The minimum atomic E-state index is -0.357. The summed E-state index contributed by atoms with van der Waals surface area (Å²) < 4.78 is 5.30. The minimum Gasteiger partial charge on any atom is -0.496 e. The summed E-state index contributed by atoms with van der Waals surface area (Å²) in [7, 11) is 1.56. The molecule has 2 amide bonds. The van der Waals surface area contributed by atoms with Gasteiger partial charge in [0.2, 0.25) is 5.91 Å². The SMILES string of the molecule is COc1ccccc1C(=O)N1CCC[C@@H]1C(=O)NC1CCCCC1. The van der Waals surface area contributed by atoms with Crippen molar-refractivity contribution in [3.8, 4) is 5.75 Å². The summed E-state index contributed by atoms with van der Waals surface area (Å²) in [5.41, 5.74) is 0.525. The van der Waals surface area contributed by atoms with Crippen LogP contribution in [-0.2, 0) is 4.79 Å². The highest BCUT2D eigenvalue weighted by Crippen LogP contribution is 2.26. The van der Waals surface area contributed by atoms with Crippen molar-refractivity contribution in [1.82, 2.24) is 10.2 Å². The maximum atomic E-state index is 12.9. The summed E-state index contributed by atoms with van der Waals surface area (Å²) in [6, 6.07) is 7.12. The lowest BCUT2D eigenvalue weighted by Gasteiger charge is -2.28. The molecule has 0 aromatic heterocycles. The van der Waals surface area contributed by atoms with E-state index in [9.17, 15) is 9.59 Å². The number of methoxy groups -OCH3 is 1. The first-order chi connectivity index (χ1) is 11.7. The Morgan fingerprint density at radius 3 is 2.58 bits per heavy atom. The summed E-state index contributed by atoms with van der Waals surface area (Å²) in [6.45, 7) is 0.625. The number of amides is 2. The highest BCUT2D eigenvalue weighted by molar-refractivity contribution is 6.00. The first-order valence-corrected chi connectivity index (χ1v) is 8.95. The van der Waals surface area contributed by atoms with Crippen LogP contribution in [0.2, 0.25) is 0 Å². The van der Waals surface area contributed by atoms with Gasteiger partial charge in [0.05, 0.1) is 12.7 Å².